The van der Waals surface area contributed by atoms with Crippen molar-refractivity contribution >= 4 is 17.3 Å². The van der Waals surface area contributed by atoms with Crippen LogP contribution in [0.5, 0.6) is 0 Å². The lowest BCUT2D eigenvalue weighted by molar-refractivity contribution is 0.0333. The Hall–Kier alpha value is -1.77. The molecule has 0 N–H and O–H groups in total. The van der Waals surface area contributed by atoms with Crippen LogP contribution in [-0.2, 0) is 4.74 Å². The van der Waals surface area contributed by atoms with Crippen molar-refractivity contribution < 1.29 is 4.74 Å². The molecule has 0 aromatic heterocycles. The minimum atomic E-state index is -0.303. The first-order valence-electron chi connectivity index (χ1n) is 8.28. The smallest absolute Gasteiger partial charge is 0.0868 e. The fourth-order valence-electron chi connectivity index (χ4n) is 3.05. The van der Waals surface area contributed by atoms with Crippen LogP contribution in [-0.4, -0.2) is 18.0 Å². The van der Waals surface area contributed by atoms with Crippen molar-refractivity contribution in [3.05, 3.63) is 84.0 Å². The number of rotatable bonds is 5. The van der Waals surface area contributed by atoms with Crippen molar-refractivity contribution in [2.75, 3.05) is 7.11 Å². The molecular formula is C22H24OS. The summed E-state index contributed by atoms with van der Waals surface area (Å²) in [5.41, 5.74) is 4.67. The lowest BCUT2D eigenvalue weighted by atomic mass is 9.89. The fourth-order valence-corrected chi connectivity index (χ4v) is 4.44. The van der Waals surface area contributed by atoms with E-state index in [4.69, 9.17) is 4.74 Å². The second-order valence-electron chi connectivity index (χ2n) is 6.52. The average molecular weight is 337 g/mol. The average Bonchev–Trinajstić information content (AvgIpc) is 2.61. The Kier molecular flexibility index (Phi) is 4.98. The number of hydrogen-bond acceptors (Lipinski definition) is 2. The van der Waals surface area contributed by atoms with E-state index in [0.29, 0.717) is 5.25 Å². The van der Waals surface area contributed by atoms with Crippen LogP contribution in [0, 0.1) is 0 Å². The minimum absolute atomic E-state index is 0.303. The molecule has 2 unspecified atom stereocenters. The molecule has 2 aromatic carbocycles. The maximum atomic E-state index is 5.79. The van der Waals surface area contributed by atoms with Gasteiger partial charge in [0.15, 0.2) is 0 Å². The normalized spacial score (nSPS) is 19.1. The van der Waals surface area contributed by atoms with Gasteiger partial charge in [-0.25, -0.2) is 0 Å². The Labute approximate surface area is 149 Å². The Morgan fingerprint density at radius 3 is 2.46 bits per heavy atom. The van der Waals surface area contributed by atoms with Crippen LogP contribution < -0.4 is 0 Å². The van der Waals surface area contributed by atoms with Crippen molar-refractivity contribution in [3.8, 4) is 0 Å². The van der Waals surface area contributed by atoms with Gasteiger partial charge < -0.3 is 4.74 Å². The van der Waals surface area contributed by atoms with E-state index in [1.54, 1.807) is 7.11 Å². The highest BCUT2D eigenvalue weighted by atomic mass is 32.2. The highest BCUT2D eigenvalue weighted by Gasteiger charge is 2.31. The summed E-state index contributed by atoms with van der Waals surface area (Å²) in [6.45, 7) is 8.31. The van der Waals surface area contributed by atoms with Gasteiger partial charge in [0.1, 0.15) is 0 Å². The van der Waals surface area contributed by atoms with Crippen LogP contribution in [0.2, 0.25) is 0 Å². The minimum Gasteiger partial charge on any atom is -0.374 e. The molecule has 1 aliphatic heterocycles. The molecule has 0 saturated carbocycles. The van der Waals surface area contributed by atoms with Crippen LogP contribution in [0.15, 0.2) is 77.7 Å². The first kappa shape index (κ1) is 17.1. The Morgan fingerprint density at radius 2 is 1.79 bits per heavy atom. The molecule has 2 heteroatoms. The molecule has 1 aliphatic rings. The summed E-state index contributed by atoms with van der Waals surface area (Å²) in [4.78, 5) is 1.34. The molecule has 0 aliphatic carbocycles. The largest absolute Gasteiger partial charge is 0.374 e. The van der Waals surface area contributed by atoms with Crippen LogP contribution in [0.3, 0.4) is 0 Å². The van der Waals surface area contributed by atoms with Crippen LogP contribution in [0.1, 0.15) is 31.4 Å². The zero-order valence-electron chi connectivity index (χ0n) is 14.6. The molecule has 0 amide bonds. The first-order chi connectivity index (χ1) is 11.5. The van der Waals surface area contributed by atoms with Crippen molar-refractivity contribution in [2.24, 2.45) is 0 Å². The van der Waals surface area contributed by atoms with E-state index >= 15 is 0 Å². The number of thioether (sulfide) groups is 1. The third-order valence-electron chi connectivity index (χ3n) is 4.84. The number of methoxy groups -OCH3 is 1. The first-order valence-corrected chi connectivity index (χ1v) is 9.16. The molecule has 0 saturated heterocycles. The van der Waals surface area contributed by atoms with Crippen LogP contribution >= 0.6 is 11.8 Å². The molecule has 0 spiro atoms. The Bertz CT molecular complexity index is 763. The highest BCUT2D eigenvalue weighted by molar-refractivity contribution is 8.00. The van der Waals surface area contributed by atoms with E-state index in [9.17, 15) is 0 Å². The van der Waals surface area contributed by atoms with E-state index in [-0.39, 0.29) is 5.60 Å². The summed E-state index contributed by atoms with van der Waals surface area (Å²) in [6.07, 6.45) is 3.30. The van der Waals surface area contributed by atoms with Crippen molar-refractivity contribution in [3.63, 3.8) is 0 Å². The third-order valence-corrected chi connectivity index (χ3v) is 6.05. The molecule has 24 heavy (non-hydrogen) atoms. The van der Waals surface area contributed by atoms with E-state index in [2.05, 4.69) is 74.2 Å². The SMILES string of the molecule is C=C(C)C(C)(CC1C=C(c2ccccc2)c2ccccc2S1)OC. The van der Waals surface area contributed by atoms with E-state index in [1.165, 1.54) is 21.6 Å². The van der Waals surface area contributed by atoms with E-state index in [1.807, 2.05) is 18.7 Å². The van der Waals surface area contributed by atoms with Gasteiger partial charge in [-0.05, 0) is 48.6 Å². The van der Waals surface area contributed by atoms with Gasteiger partial charge in [-0.1, -0.05) is 61.2 Å². The molecule has 0 bridgehead atoms. The number of ether oxygens (including phenoxy) is 1. The van der Waals surface area contributed by atoms with Crippen molar-refractivity contribution in [1.82, 2.24) is 0 Å². The van der Waals surface area contributed by atoms with E-state index < -0.39 is 0 Å². The number of benzene rings is 2. The molecule has 3 rings (SSSR count). The van der Waals surface area contributed by atoms with Crippen LogP contribution in [0.4, 0.5) is 0 Å². The van der Waals surface area contributed by atoms with Gasteiger partial charge in [-0.3, -0.25) is 0 Å². The monoisotopic (exact) mass is 336 g/mol. The van der Waals surface area contributed by atoms with Crippen LogP contribution in [0.25, 0.3) is 5.57 Å². The lowest BCUT2D eigenvalue weighted by Crippen LogP contribution is -2.32. The second-order valence-corrected chi connectivity index (χ2v) is 7.80. The molecule has 124 valence electrons. The molecule has 2 atom stereocenters. The topological polar surface area (TPSA) is 9.23 Å². The number of fused-ring (bicyclic) bond motifs is 1. The highest BCUT2D eigenvalue weighted by Crippen LogP contribution is 2.43. The summed E-state index contributed by atoms with van der Waals surface area (Å²) < 4.78 is 5.79. The third kappa shape index (κ3) is 3.35. The summed E-state index contributed by atoms with van der Waals surface area (Å²) in [5.74, 6) is 0. The summed E-state index contributed by atoms with van der Waals surface area (Å²) >= 11 is 1.92. The molecule has 0 fully saturated rings. The van der Waals surface area contributed by atoms with Gasteiger partial charge in [0, 0.05) is 17.3 Å². The summed E-state index contributed by atoms with van der Waals surface area (Å²) in [6, 6.07) is 19.3. The van der Waals surface area contributed by atoms with Crippen molar-refractivity contribution in [2.45, 2.75) is 36.0 Å². The van der Waals surface area contributed by atoms with Gasteiger partial charge in [0.05, 0.1) is 5.60 Å². The molecule has 1 heterocycles. The molecule has 1 nitrogen and oxygen atoms in total. The van der Waals surface area contributed by atoms with Gasteiger partial charge in [0.2, 0.25) is 0 Å². The standard InChI is InChI=1S/C22H24OS/c1-16(2)22(3,23-4)15-18-14-20(17-10-6-5-7-11-17)19-12-8-9-13-21(19)24-18/h5-14,18H,1,15H2,2-4H3. The lowest BCUT2D eigenvalue weighted by Gasteiger charge is -2.34. The zero-order chi connectivity index (χ0) is 17.2. The predicted molar refractivity (Wildman–Crippen MR) is 104 cm³/mol. The maximum Gasteiger partial charge on any atom is 0.0868 e. The summed E-state index contributed by atoms with van der Waals surface area (Å²) in [7, 11) is 1.78. The Morgan fingerprint density at radius 1 is 1.12 bits per heavy atom. The fraction of sp³-hybridized carbons (Fsp3) is 0.273. The van der Waals surface area contributed by atoms with Gasteiger partial charge in [-0.2, -0.15) is 0 Å². The summed E-state index contributed by atoms with van der Waals surface area (Å²) in [5, 5.41) is 0.358. The Balaban J connectivity index is 2.01. The number of hydrogen-bond donors (Lipinski definition) is 0. The van der Waals surface area contributed by atoms with Gasteiger partial charge >= 0.3 is 0 Å². The van der Waals surface area contributed by atoms with Gasteiger partial charge in [0.25, 0.3) is 0 Å². The van der Waals surface area contributed by atoms with Crippen molar-refractivity contribution in [1.29, 1.82) is 0 Å². The second kappa shape index (κ2) is 7.00. The quantitative estimate of drug-likeness (QED) is 0.623. The van der Waals surface area contributed by atoms with Gasteiger partial charge in [-0.15, -0.1) is 11.8 Å². The predicted octanol–water partition coefficient (Wildman–Crippen LogP) is 5.96. The van der Waals surface area contributed by atoms with E-state index in [0.717, 1.165) is 12.0 Å². The molecular weight excluding hydrogens is 312 g/mol. The maximum absolute atomic E-state index is 5.79. The molecule has 0 radical (unpaired) electrons. The zero-order valence-corrected chi connectivity index (χ0v) is 15.4. The molecule has 2 aromatic rings.